The highest BCUT2D eigenvalue weighted by atomic mass is 35.5. The van der Waals surface area contributed by atoms with Crippen molar-refractivity contribution >= 4 is 11.6 Å². The third-order valence-electron chi connectivity index (χ3n) is 4.07. The fraction of sp³-hybridized carbons (Fsp3) is 0.600. The third-order valence-corrected chi connectivity index (χ3v) is 4.32. The Kier molecular flexibility index (Phi) is 4.08. The molecule has 4 heteroatoms. The average molecular weight is 282 g/mol. The first-order valence-electron chi connectivity index (χ1n) is 7.02. The summed E-state index contributed by atoms with van der Waals surface area (Å²) in [5.74, 6) is -0.252. The lowest BCUT2D eigenvalue weighted by Gasteiger charge is -2.35. The van der Waals surface area contributed by atoms with E-state index >= 15 is 0 Å². The summed E-state index contributed by atoms with van der Waals surface area (Å²) in [6.45, 7) is 2.41. The number of nitrogens with one attached hydrogen (secondary N) is 1. The van der Waals surface area contributed by atoms with E-state index in [1.807, 2.05) is 12.1 Å². The summed E-state index contributed by atoms with van der Waals surface area (Å²) in [6.07, 6.45) is 4.25. The fourth-order valence-electron chi connectivity index (χ4n) is 2.91. The molecule has 1 spiro atoms. The van der Waals surface area contributed by atoms with E-state index in [1.54, 1.807) is 0 Å². The normalized spacial score (nSPS) is 23.0. The van der Waals surface area contributed by atoms with Crippen molar-refractivity contribution in [3.63, 3.8) is 0 Å². The van der Waals surface area contributed by atoms with Gasteiger partial charge in [-0.3, -0.25) is 0 Å². The monoisotopic (exact) mass is 281 g/mol. The molecule has 104 valence electrons. The van der Waals surface area contributed by atoms with Gasteiger partial charge in [-0.1, -0.05) is 23.7 Å². The molecule has 3 nitrogen and oxygen atoms in total. The van der Waals surface area contributed by atoms with Crippen LogP contribution in [0.2, 0.25) is 5.02 Å². The van der Waals surface area contributed by atoms with Crippen LogP contribution >= 0.6 is 11.6 Å². The molecule has 0 aromatic heterocycles. The van der Waals surface area contributed by atoms with E-state index in [4.69, 9.17) is 21.1 Å². The van der Waals surface area contributed by atoms with E-state index in [9.17, 15) is 0 Å². The lowest BCUT2D eigenvalue weighted by Crippen LogP contribution is -2.41. The molecule has 1 N–H and O–H groups in total. The molecule has 19 heavy (non-hydrogen) atoms. The maximum absolute atomic E-state index is 5.88. The minimum absolute atomic E-state index is 0.252. The van der Waals surface area contributed by atoms with Crippen LogP contribution in [0.5, 0.6) is 0 Å². The standard InChI is InChI=1S/C15H20ClNO2/c16-13-3-1-12(2-4-13)11-17-14-5-7-15(8-6-14)18-9-10-19-15/h1-4,14,17H,5-11H2. The fourth-order valence-corrected chi connectivity index (χ4v) is 3.04. The van der Waals surface area contributed by atoms with Crippen LogP contribution in [0.15, 0.2) is 24.3 Å². The van der Waals surface area contributed by atoms with Crippen molar-refractivity contribution in [2.75, 3.05) is 13.2 Å². The molecule has 3 rings (SSSR count). The number of hydrogen-bond donors (Lipinski definition) is 1. The summed E-state index contributed by atoms with van der Waals surface area (Å²) in [4.78, 5) is 0. The van der Waals surface area contributed by atoms with Crippen molar-refractivity contribution in [2.45, 2.75) is 44.1 Å². The molecular weight excluding hydrogens is 262 g/mol. The summed E-state index contributed by atoms with van der Waals surface area (Å²) in [5, 5.41) is 4.40. The maximum atomic E-state index is 5.88. The lowest BCUT2D eigenvalue weighted by atomic mass is 9.90. The van der Waals surface area contributed by atoms with Crippen LogP contribution in [0.4, 0.5) is 0 Å². The second-order valence-electron chi connectivity index (χ2n) is 5.39. The van der Waals surface area contributed by atoms with Gasteiger partial charge in [-0.15, -0.1) is 0 Å². The van der Waals surface area contributed by atoms with E-state index in [2.05, 4.69) is 17.4 Å². The van der Waals surface area contributed by atoms with Crippen molar-refractivity contribution in [1.82, 2.24) is 5.32 Å². The molecular formula is C15H20ClNO2. The first kappa shape index (κ1) is 13.4. The van der Waals surface area contributed by atoms with Crippen LogP contribution in [-0.4, -0.2) is 25.0 Å². The van der Waals surface area contributed by atoms with Crippen LogP contribution < -0.4 is 5.32 Å². The van der Waals surface area contributed by atoms with E-state index in [-0.39, 0.29) is 5.79 Å². The first-order valence-corrected chi connectivity index (χ1v) is 7.39. The van der Waals surface area contributed by atoms with Crippen molar-refractivity contribution < 1.29 is 9.47 Å². The molecule has 1 aromatic carbocycles. The van der Waals surface area contributed by atoms with Crippen LogP contribution in [0, 0.1) is 0 Å². The summed E-state index contributed by atoms with van der Waals surface area (Å²) in [6, 6.07) is 8.59. The van der Waals surface area contributed by atoms with Crippen LogP contribution in [0.3, 0.4) is 0 Å². The highest BCUT2D eigenvalue weighted by molar-refractivity contribution is 6.30. The van der Waals surface area contributed by atoms with Gasteiger partial charge in [0.05, 0.1) is 13.2 Å². The van der Waals surface area contributed by atoms with Gasteiger partial charge in [0.25, 0.3) is 0 Å². The third kappa shape index (κ3) is 3.29. The second-order valence-corrected chi connectivity index (χ2v) is 5.83. The zero-order chi connectivity index (χ0) is 13.1. The molecule has 1 aliphatic carbocycles. The molecule has 0 radical (unpaired) electrons. The molecule has 0 atom stereocenters. The predicted molar refractivity (Wildman–Crippen MR) is 75.2 cm³/mol. The van der Waals surface area contributed by atoms with Crippen molar-refractivity contribution in [1.29, 1.82) is 0 Å². The van der Waals surface area contributed by atoms with Gasteiger partial charge in [-0.2, -0.15) is 0 Å². The largest absolute Gasteiger partial charge is 0.348 e. The van der Waals surface area contributed by atoms with E-state index in [0.717, 1.165) is 50.5 Å². The van der Waals surface area contributed by atoms with Gasteiger partial charge in [0.15, 0.2) is 5.79 Å². The van der Waals surface area contributed by atoms with Crippen molar-refractivity contribution in [2.24, 2.45) is 0 Å². The number of halogens is 1. The summed E-state index contributed by atoms with van der Waals surface area (Å²) in [7, 11) is 0. The second kappa shape index (κ2) is 5.80. The maximum Gasteiger partial charge on any atom is 0.168 e. The molecule has 0 bridgehead atoms. The first-order chi connectivity index (χ1) is 9.26. The summed E-state index contributed by atoms with van der Waals surface area (Å²) < 4.78 is 11.5. The minimum atomic E-state index is -0.252. The average Bonchev–Trinajstić information content (AvgIpc) is 2.89. The molecule has 1 aromatic rings. The molecule has 1 aliphatic heterocycles. The van der Waals surface area contributed by atoms with Gasteiger partial charge in [-0.25, -0.2) is 0 Å². The molecule has 1 saturated carbocycles. The Morgan fingerprint density at radius 2 is 1.74 bits per heavy atom. The zero-order valence-electron chi connectivity index (χ0n) is 11.0. The number of hydrogen-bond acceptors (Lipinski definition) is 3. The van der Waals surface area contributed by atoms with Gasteiger partial charge >= 0.3 is 0 Å². The molecule has 1 saturated heterocycles. The summed E-state index contributed by atoms with van der Waals surface area (Å²) in [5.41, 5.74) is 1.28. The molecule has 0 unspecified atom stereocenters. The Hall–Kier alpha value is -0.610. The van der Waals surface area contributed by atoms with Crippen LogP contribution in [-0.2, 0) is 16.0 Å². The number of ether oxygens (including phenoxy) is 2. The van der Waals surface area contributed by atoms with Crippen molar-refractivity contribution in [3.05, 3.63) is 34.9 Å². The Bertz CT molecular complexity index is 405. The predicted octanol–water partition coefficient (Wildman–Crippen LogP) is 3.12. The molecule has 1 heterocycles. The molecule has 2 aliphatic rings. The van der Waals surface area contributed by atoms with E-state index < -0.39 is 0 Å². The van der Waals surface area contributed by atoms with Gasteiger partial charge in [-0.05, 0) is 30.5 Å². The Balaban J connectivity index is 1.46. The highest BCUT2D eigenvalue weighted by Gasteiger charge is 2.40. The van der Waals surface area contributed by atoms with Gasteiger partial charge < -0.3 is 14.8 Å². The van der Waals surface area contributed by atoms with E-state index in [0.29, 0.717) is 6.04 Å². The summed E-state index contributed by atoms with van der Waals surface area (Å²) >= 11 is 5.88. The lowest BCUT2D eigenvalue weighted by molar-refractivity contribution is -0.179. The van der Waals surface area contributed by atoms with E-state index in [1.165, 1.54) is 5.56 Å². The van der Waals surface area contributed by atoms with Gasteiger partial charge in [0, 0.05) is 30.5 Å². The Morgan fingerprint density at radius 1 is 1.11 bits per heavy atom. The number of benzene rings is 1. The number of rotatable bonds is 3. The van der Waals surface area contributed by atoms with Crippen LogP contribution in [0.1, 0.15) is 31.2 Å². The smallest absolute Gasteiger partial charge is 0.168 e. The Morgan fingerprint density at radius 3 is 2.37 bits per heavy atom. The van der Waals surface area contributed by atoms with Crippen LogP contribution in [0.25, 0.3) is 0 Å². The van der Waals surface area contributed by atoms with Gasteiger partial charge in [0.2, 0.25) is 0 Å². The molecule has 0 amide bonds. The topological polar surface area (TPSA) is 30.5 Å². The minimum Gasteiger partial charge on any atom is -0.348 e. The van der Waals surface area contributed by atoms with Gasteiger partial charge in [0.1, 0.15) is 0 Å². The van der Waals surface area contributed by atoms with Crippen molar-refractivity contribution in [3.8, 4) is 0 Å². The quantitative estimate of drug-likeness (QED) is 0.923. The SMILES string of the molecule is Clc1ccc(CNC2CCC3(CC2)OCCO3)cc1. The Labute approximate surface area is 119 Å². The highest BCUT2D eigenvalue weighted by Crippen LogP contribution is 2.35. The molecule has 2 fully saturated rings. The zero-order valence-corrected chi connectivity index (χ0v) is 11.8.